The van der Waals surface area contributed by atoms with Crippen molar-refractivity contribution >= 4 is 27.3 Å². The van der Waals surface area contributed by atoms with Crippen LogP contribution < -0.4 is 9.21 Å². The highest BCUT2D eigenvalue weighted by atomic mass is 32.2. The number of nitrogens with zero attached hydrogens (tertiary/aromatic N) is 5. The average molecular weight is 463 g/mol. The first-order valence-electron chi connectivity index (χ1n) is 9.53. The van der Waals surface area contributed by atoms with Crippen LogP contribution in [0.25, 0.3) is 0 Å². The second-order valence-electron chi connectivity index (χ2n) is 6.83. The molecule has 31 heavy (non-hydrogen) atoms. The van der Waals surface area contributed by atoms with Crippen molar-refractivity contribution < 1.29 is 26.5 Å². The van der Waals surface area contributed by atoms with Crippen LogP contribution in [0.1, 0.15) is 32.4 Å². The van der Waals surface area contributed by atoms with Crippen LogP contribution in [0.2, 0.25) is 0 Å². The molecule has 0 amide bonds. The van der Waals surface area contributed by atoms with Crippen molar-refractivity contribution in [3.05, 3.63) is 46.3 Å². The zero-order valence-electron chi connectivity index (χ0n) is 17.3. The highest BCUT2D eigenvalue weighted by Gasteiger charge is 2.50. The predicted octanol–water partition coefficient (Wildman–Crippen LogP) is 3.81. The van der Waals surface area contributed by atoms with Gasteiger partial charge in [-0.2, -0.15) is 21.6 Å². The molecule has 0 fully saturated rings. The number of rotatable bonds is 10. The predicted molar refractivity (Wildman–Crippen MR) is 110 cm³/mol. The van der Waals surface area contributed by atoms with Crippen molar-refractivity contribution in [1.29, 1.82) is 0 Å². The molecule has 0 aliphatic heterocycles. The zero-order chi connectivity index (χ0) is 23.4. The standard InChI is InChI=1S/C18H24F3N5O4S/c1-4-10-24(11-5-2)14-6-8-15(9-7-14)25(31(29,30)18(19,20)21)13-16-12-22-17(23(16)3)26(27)28/h6-9,12H,4-5,10-11,13H2,1-3H3. The lowest BCUT2D eigenvalue weighted by Crippen LogP contribution is -2.40. The molecule has 172 valence electrons. The molecule has 2 aromatic rings. The molecule has 1 aromatic carbocycles. The molecule has 0 spiro atoms. The summed E-state index contributed by atoms with van der Waals surface area (Å²) >= 11 is 0. The lowest BCUT2D eigenvalue weighted by molar-refractivity contribution is -0.396. The number of imidazole rings is 1. The van der Waals surface area contributed by atoms with Gasteiger partial charge in [0, 0.05) is 18.8 Å². The third-order valence-corrected chi connectivity index (χ3v) is 6.11. The lowest BCUT2D eigenvalue weighted by Gasteiger charge is -2.27. The minimum atomic E-state index is -5.76. The van der Waals surface area contributed by atoms with Crippen LogP contribution in [-0.2, 0) is 23.6 Å². The molecule has 0 aliphatic rings. The maximum absolute atomic E-state index is 13.3. The summed E-state index contributed by atoms with van der Waals surface area (Å²) in [5, 5.41) is 11.0. The van der Waals surface area contributed by atoms with E-state index >= 15 is 0 Å². The summed E-state index contributed by atoms with van der Waals surface area (Å²) in [6.07, 6.45) is 2.72. The Bertz CT molecular complexity index is 1000. The van der Waals surface area contributed by atoms with E-state index in [-0.39, 0.29) is 15.7 Å². The van der Waals surface area contributed by atoms with Gasteiger partial charge in [-0.25, -0.2) is 4.57 Å². The summed E-state index contributed by atoms with van der Waals surface area (Å²) in [5.74, 6) is -0.607. The van der Waals surface area contributed by atoms with E-state index in [1.54, 1.807) is 12.1 Å². The van der Waals surface area contributed by atoms with Crippen LogP contribution in [0.15, 0.2) is 30.5 Å². The molecule has 0 atom stereocenters. The van der Waals surface area contributed by atoms with Gasteiger partial charge in [0.05, 0.1) is 19.3 Å². The Morgan fingerprint density at radius 2 is 1.61 bits per heavy atom. The fourth-order valence-corrected chi connectivity index (χ4v) is 4.03. The van der Waals surface area contributed by atoms with Crippen LogP contribution >= 0.6 is 0 Å². The second-order valence-corrected chi connectivity index (χ2v) is 8.68. The van der Waals surface area contributed by atoms with E-state index in [2.05, 4.69) is 9.88 Å². The van der Waals surface area contributed by atoms with Crippen molar-refractivity contribution in [2.24, 2.45) is 7.05 Å². The van der Waals surface area contributed by atoms with Crippen molar-refractivity contribution in [3.8, 4) is 0 Å². The number of hydrogen-bond donors (Lipinski definition) is 0. The van der Waals surface area contributed by atoms with E-state index in [1.807, 2.05) is 13.8 Å². The summed E-state index contributed by atoms with van der Waals surface area (Å²) in [7, 11) is -4.53. The topological polar surface area (TPSA) is 102 Å². The molecule has 1 heterocycles. The first-order chi connectivity index (χ1) is 14.4. The van der Waals surface area contributed by atoms with Gasteiger partial charge in [0.2, 0.25) is 0 Å². The van der Waals surface area contributed by atoms with Gasteiger partial charge >= 0.3 is 21.5 Å². The van der Waals surface area contributed by atoms with Crippen LogP contribution in [-0.4, -0.2) is 41.5 Å². The number of benzene rings is 1. The molecule has 0 radical (unpaired) electrons. The fraction of sp³-hybridized carbons (Fsp3) is 0.500. The maximum Gasteiger partial charge on any atom is 0.516 e. The Morgan fingerprint density at radius 3 is 2.03 bits per heavy atom. The molecule has 0 bridgehead atoms. The van der Waals surface area contributed by atoms with Crippen molar-refractivity contribution in [2.45, 2.75) is 38.7 Å². The smallest absolute Gasteiger partial charge is 0.390 e. The SMILES string of the molecule is CCCN(CCC)c1ccc(N(Cc2cnc([N+](=O)[O-])n2C)S(=O)(=O)C(F)(F)F)cc1. The summed E-state index contributed by atoms with van der Waals surface area (Å²) in [5.41, 5.74) is -5.07. The normalized spacial score (nSPS) is 12.1. The molecule has 2 rings (SSSR count). The number of sulfonamides is 1. The summed E-state index contributed by atoms with van der Waals surface area (Å²) in [6, 6.07) is 5.71. The lowest BCUT2D eigenvalue weighted by atomic mass is 10.2. The molecule has 1 aromatic heterocycles. The number of hydrogen-bond acceptors (Lipinski definition) is 6. The Kier molecular flexibility index (Phi) is 7.52. The third-order valence-electron chi connectivity index (χ3n) is 4.60. The molecule has 0 unspecified atom stereocenters. The minimum Gasteiger partial charge on any atom is -0.390 e. The number of alkyl halides is 3. The summed E-state index contributed by atoms with van der Waals surface area (Å²) in [6.45, 7) is 4.72. The van der Waals surface area contributed by atoms with E-state index in [4.69, 9.17) is 0 Å². The van der Waals surface area contributed by atoms with Gasteiger partial charge in [-0.1, -0.05) is 18.8 Å². The highest BCUT2D eigenvalue weighted by molar-refractivity contribution is 7.93. The Morgan fingerprint density at radius 1 is 1.10 bits per heavy atom. The van der Waals surface area contributed by atoms with Gasteiger partial charge in [-0.05, 0) is 42.0 Å². The average Bonchev–Trinajstić information content (AvgIpc) is 3.05. The van der Waals surface area contributed by atoms with Crippen LogP contribution in [0.3, 0.4) is 0 Å². The van der Waals surface area contributed by atoms with Gasteiger partial charge in [-0.3, -0.25) is 4.31 Å². The minimum absolute atomic E-state index is 0.0674. The van der Waals surface area contributed by atoms with E-state index in [9.17, 15) is 31.7 Å². The fourth-order valence-electron chi connectivity index (χ4n) is 3.08. The Balaban J connectivity index is 2.48. The van der Waals surface area contributed by atoms with E-state index < -0.39 is 32.9 Å². The van der Waals surface area contributed by atoms with E-state index in [1.165, 1.54) is 19.2 Å². The first-order valence-corrected chi connectivity index (χ1v) is 11.0. The summed E-state index contributed by atoms with van der Waals surface area (Å²) < 4.78 is 65.7. The first kappa shape index (κ1) is 24.4. The number of anilines is 2. The highest BCUT2D eigenvalue weighted by Crippen LogP contribution is 2.33. The van der Waals surface area contributed by atoms with Crippen LogP contribution in [0.5, 0.6) is 0 Å². The Labute approximate surface area is 178 Å². The molecular weight excluding hydrogens is 439 g/mol. The molecule has 0 saturated carbocycles. The quantitative estimate of drug-likeness (QED) is 0.392. The summed E-state index contributed by atoms with van der Waals surface area (Å²) in [4.78, 5) is 15.7. The largest absolute Gasteiger partial charge is 0.516 e. The van der Waals surface area contributed by atoms with E-state index in [0.717, 1.165) is 42.4 Å². The van der Waals surface area contributed by atoms with Gasteiger partial charge < -0.3 is 15.0 Å². The molecule has 0 N–H and O–H groups in total. The van der Waals surface area contributed by atoms with E-state index in [0.29, 0.717) is 0 Å². The Hall–Kier alpha value is -2.83. The van der Waals surface area contributed by atoms with Crippen LogP contribution in [0, 0.1) is 10.1 Å². The second kappa shape index (κ2) is 9.54. The number of halogens is 3. The van der Waals surface area contributed by atoms with Gasteiger partial charge in [0.25, 0.3) is 0 Å². The van der Waals surface area contributed by atoms with Crippen molar-refractivity contribution in [3.63, 3.8) is 0 Å². The zero-order valence-corrected chi connectivity index (χ0v) is 18.1. The van der Waals surface area contributed by atoms with Crippen LogP contribution in [0.4, 0.5) is 30.5 Å². The maximum atomic E-state index is 13.3. The third kappa shape index (κ3) is 5.27. The molecule has 9 nitrogen and oxygen atoms in total. The molecular formula is C18H24F3N5O4S. The molecule has 0 aliphatic carbocycles. The molecule has 0 saturated heterocycles. The number of nitro groups is 1. The number of aromatic nitrogens is 2. The monoisotopic (exact) mass is 463 g/mol. The molecule has 13 heteroatoms. The van der Waals surface area contributed by atoms with Crippen molar-refractivity contribution in [1.82, 2.24) is 9.55 Å². The van der Waals surface area contributed by atoms with Gasteiger partial charge in [0.15, 0.2) is 0 Å². The van der Waals surface area contributed by atoms with Gasteiger partial charge in [-0.15, -0.1) is 0 Å². The van der Waals surface area contributed by atoms with Crippen molar-refractivity contribution in [2.75, 3.05) is 22.3 Å². The van der Waals surface area contributed by atoms with Gasteiger partial charge in [0.1, 0.15) is 11.9 Å².